The minimum Gasteiger partial charge on any atom is -0.332 e. The highest BCUT2D eigenvalue weighted by Crippen LogP contribution is 2.28. The molecule has 4 aromatic rings. The first-order valence-electron chi connectivity index (χ1n) is 11.1. The molecule has 0 atom stereocenters. The summed E-state index contributed by atoms with van der Waals surface area (Å²) < 4.78 is 0. The van der Waals surface area contributed by atoms with E-state index in [2.05, 4.69) is 10.6 Å². The van der Waals surface area contributed by atoms with Crippen LogP contribution in [0.2, 0.25) is 0 Å². The first-order valence-corrected chi connectivity index (χ1v) is 11.5. The average molecular weight is 468 g/mol. The maximum atomic E-state index is 13.3. The molecule has 0 heterocycles. The number of hydrogen-bond donors (Lipinski definition) is 2. The van der Waals surface area contributed by atoms with E-state index in [1.165, 1.54) is 0 Å². The van der Waals surface area contributed by atoms with Gasteiger partial charge in [0.05, 0.1) is 5.69 Å². The van der Waals surface area contributed by atoms with E-state index >= 15 is 0 Å². The van der Waals surface area contributed by atoms with Crippen molar-refractivity contribution in [3.05, 3.63) is 108 Å². The highest BCUT2D eigenvalue weighted by molar-refractivity contribution is 7.80. The number of carbonyl (C=O) groups is 2. The predicted molar refractivity (Wildman–Crippen MR) is 143 cm³/mol. The third-order valence-electron chi connectivity index (χ3n) is 5.63. The maximum Gasteiger partial charge on any atom is 0.258 e. The second-order valence-corrected chi connectivity index (χ2v) is 8.26. The van der Waals surface area contributed by atoms with Crippen LogP contribution in [0.3, 0.4) is 0 Å². The van der Waals surface area contributed by atoms with Gasteiger partial charge in [-0.1, -0.05) is 54.6 Å². The van der Waals surface area contributed by atoms with Gasteiger partial charge in [-0.25, -0.2) is 0 Å². The van der Waals surface area contributed by atoms with Crippen molar-refractivity contribution in [3.8, 4) is 0 Å². The minimum absolute atomic E-state index is 0.0826. The minimum atomic E-state index is -0.268. The van der Waals surface area contributed by atoms with Crippen molar-refractivity contribution in [2.45, 2.75) is 13.8 Å². The third kappa shape index (κ3) is 4.97. The van der Waals surface area contributed by atoms with Crippen LogP contribution < -0.4 is 15.5 Å². The van der Waals surface area contributed by atoms with Crippen molar-refractivity contribution >= 4 is 51.3 Å². The molecule has 34 heavy (non-hydrogen) atoms. The summed E-state index contributed by atoms with van der Waals surface area (Å²) in [6.07, 6.45) is 0. The fourth-order valence-corrected chi connectivity index (χ4v) is 4.09. The summed E-state index contributed by atoms with van der Waals surface area (Å²) in [5.41, 5.74) is 3.57. The van der Waals surface area contributed by atoms with Crippen LogP contribution in [0.1, 0.15) is 33.2 Å². The Hall–Kier alpha value is -4.03. The first kappa shape index (κ1) is 23.1. The van der Waals surface area contributed by atoms with E-state index in [9.17, 15) is 9.59 Å². The molecule has 6 heteroatoms. The number of thiocarbonyl (C=S) groups is 1. The van der Waals surface area contributed by atoms with Crippen LogP contribution in [0.15, 0.2) is 91.0 Å². The summed E-state index contributed by atoms with van der Waals surface area (Å²) in [4.78, 5) is 27.5. The van der Waals surface area contributed by atoms with Gasteiger partial charge in [0.1, 0.15) is 0 Å². The Bertz CT molecular complexity index is 1360. The Morgan fingerprint density at radius 3 is 2.26 bits per heavy atom. The third-order valence-corrected chi connectivity index (χ3v) is 5.83. The lowest BCUT2D eigenvalue weighted by Gasteiger charge is -2.23. The van der Waals surface area contributed by atoms with Gasteiger partial charge in [-0.05, 0) is 73.4 Å². The van der Waals surface area contributed by atoms with Crippen molar-refractivity contribution in [2.24, 2.45) is 0 Å². The number of nitrogens with one attached hydrogen (secondary N) is 2. The Labute approximate surface area is 204 Å². The van der Waals surface area contributed by atoms with Gasteiger partial charge in [0.25, 0.3) is 11.8 Å². The van der Waals surface area contributed by atoms with Gasteiger partial charge < -0.3 is 10.2 Å². The lowest BCUT2D eigenvalue weighted by atomic mass is 10.1. The van der Waals surface area contributed by atoms with Crippen LogP contribution in [0, 0.1) is 6.92 Å². The second-order valence-electron chi connectivity index (χ2n) is 7.85. The van der Waals surface area contributed by atoms with Crippen LogP contribution in [-0.2, 0) is 0 Å². The molecule has 2 N–H and O–H groups in total. The summed E-state index contributed by atoms with van der Waals surface area (Å²) in [6, 6.07) is 28.4. The number of amides is 2. The zero-order valence-electron chi connectivity index (χ0n) is 19.0. The zero-order valence-corrected chi connectivity index (χ0v) is 19.9. The number of hydrogen-bond acceptors (Lipinski definition) is 3. The molecule has 0 unspecified atom stereocenters. The van der Waals surface area contributed by atoms with E-state index in [0.717, 1.165) is 22.0 Å². The predicted octanol–water partition coefficient (Wildman–Crippen LogP) is 5.94. The Morgan fingerprint density at radius 2 is 1.53 bits per heavy atom. The van der Waals surface area contributed by atoms with Gasteiger partial charge >= 0.3 is 0 Å². The molecule has 2 amide bonds. The largest absolute Gasteiger partial charge is 0.332 e. The molecule has 0 aromatic heterocycles. The number of rotatable bonds is 5. The normalized spacial score (nSPS) is 10.5. The van der Waals surface area contributed by atoms with Gasteiger partial charge in [0.15, 0.2) is 5.11 Å². The van der Waals surface area contributed by atoms with Gasteiger partial charge in [-0.2, -0.15) is 0 Å². The summed E-state index contributed by atoms with van der Waals surface area (Å²) in [5.74, 6) is -0.350. The van der Waals surface area contributed by atoms with Crippen molar-refractivity contribution < 1.29 is 9.59 Å². The molecule has 0 aliphatic carbocycles. The Balaban J connectivity index is 1.46. The van der Waals surface area contributed by atoms with Crippen LogP contribution in [0.4, 0.5) is 11.4 Å². The lowest BCUT2D eigenvalue weighted by Crippen LogP contribution is -2.34. The highest BCUT2D eigenvalue weighted by atomic mass is 32.1. The molecule has 0 aliphatic heterocycles. The summed E-state index contributed by atoms with van der Waals surface area (Å²) in [5, 5.41) is 8.01. The van der Waals surface area contributed by atoms with Crippen molar-refractivity contribution in [1.82, 2.24) is 5.32 Å². The molecule has 0 fully saturated rings. The molecule has 0 radical (unpaired) electrons. The zero-order chi connectivity index (χ0) is 24.1. The smallest absolute Gasteiger partial charge is 0.258 e. The van der Waals surface area contributed by atoms with E-state index in [1.807, 2.05) is 74.5 Å². The molecule has 4 rings (SSSR count). The van der Waals surface area contributed by atoms with E-state index in [0.29, 0.717) is 23.4 Å². The van der Waals surface area contributed by atoms with Crippen LogP contribution in [0.25, 0.3) is 10.8 Å². The summed E-state index contributed by atoms with van der Waals surface area (Å²) >= 11 is 5.29. The number of anilines is 2. The monoisotopic (exact) mass is 467 g/mol. The van der Waals surface area contributed by atoms with Crippen molar-refractivity contribution in [3.63, 3.8) is 0 Å². The van der Waals surface area contributed by atoms with Crippen LogP contribution in [0.5, 0.6) is 0 Å². The molecule has 0 bridgehead atoms. The molecule has 0 saturated carbocycles. The molecular formula is C28H25N3O2S. The van der Waals surface area contributed by atoms with E-state index in [4.69, 9.17) is 12.2 Å². The molecule has 0 saturated heterocycles. The topological polar surface area (TPSA) is 61.4 Å². The van der Waals surface area contributed by atoms with Gasteiger partial charge in [-0.15, -0.1) is 0 Å². The molecule has 5 nitrogen and oxygen atoms in total. The second kappa shape index (κ2) is 10.3. The van der Waals surface area contributed by atoms with E-state index < -0.39 is 0 Å². The Morgan fingerprint density at radius 1 is 0.853 bits per heavy atom. The highest BCUT2D eigenvalue weighted by Gasteiger charge is 2.18. The van der Waals surface area contributed by atoms with Crippen LogP contribution >= 0.6 is 12.2 Å². The van der Waals surface area contributed by atoms with Crippen molar-refractivity contribution in [1.29, 1.82) is 0 Å². The maximum absolute atomic E-state index is 13.3. The van der Waals surface area contributed by atoms with E-state index in [1.54, 1.807) is 35.2 Å². The number of benzene rings is 4. The summed E-state index contributed by atoms with van der Waals surface area (Å²) in [7, 11) is 0. The number of carbonyl (C=O) groups excluding carboxylic acids is 2. The quantitative estimate of drug-likeness (QED) is 0.357. The van der Waals surface area contributed by atoms with Crippen LogP contribution in [-0.4, -0.2) is 23.5 Å². The molecule has 0 aliphatic rings. The molecule has 170 valence electrons. The SMILES string of the molecule is CCN(C(=O)c1ccc(NC(=S)NC(=O)c2ccccc2C)cc1)c1cccc2ccccc12. The number of aryl methyl sites for hydroxylation is 1. The van der Waals surface area contributed by atoms with Crippen molar-refractivity contribution in [2.75, 3.05) is 16.8 Å². The standard InChI is InChI=1S/C28H25N3O2S/c1-3-31(25-14-8-11-20-10-5-7-13-24(20)25)27(33)21-15-17-22(18-16-21)29-28(34)30-26(32)23-12-6-4-9-19(23)2/h4-18H,3H2,1-2H3,(H2,29,30,32,34). The first-order chi connectivity index (χ1) is 16.5. The Kier molecular flexibility index (Phi) is 6.99. The van der Waals surface area contributed by atoms with Gasteiger partial charge in [0.2, 0.25) is 0 Å². The number of fused-ring (bicyclic) bond motifs is 1. The van der Waals surface area contributed by atoms with Gasteiger partial charge in [-0.3, -0.25) is 14.9 Å². The molecule has 0 spiro atoms. The molecule has 4 aromatic carbocycles. The fraction of sp³-hybridized carbons (Fsp3) is 0.107. The summed E-state index contributed by atoms with van der Waals surface area (Å²) in [6.45, 7) is 4.38. The van der Waals surface area contributed by atoms with Gasteiger partial charge in [0, 0.05) is 28.7 Å². The van der Waals surface area contributed by atoms with E-state index in [-0.39, 0.29) is 16.9 Å². The molecular weight excluding hydrogens is 442 g/mol. The number of nitrogens with zero attached hydrogens (tertiary/aromatic N) is 1. The fourth-order valence-electron chi connectivity index (χ4n) is 3.88. The lowest BCUT2D eigenvalue weighted by molar-refractivity contribution is 0.0973. The average Bonchev–Trinajstić information content (AvgIpc) is 2.85.